The Balaban J connectivity index is 1.60. The summed E-state index contributed by atoms with van der Waals surface area (Å²) in [5.41, 5.74) is -0.0888. The number of Topliss-reactive ketones (excluding diaryl/α,β-unsaturated/α-hetero) is 2. The zero-order valence-corrected chi connectivity index (χ0v) is 17.3. The Kier molecular flexibility index (Phi) is 4.55. The number of rotatable bonds is 2. The van der Waals surface area contributed by atoms with E-state index in [9.17, 15) is 14.4 Å². The standard InChI is InChI=1S/C23H34O4/c1-13(24)18-7-8-19-17-6-5-15-11-16(27-14(2)25)9-10-22(15,3)21(17)20(26)12-23(18,19)4/h15-19,21H,5-12H2,1-4H3/t15-,16-,17-,18-,19+,21-,22-,23+/m0/s1. The molecule has 4 fully saturated rings. The van der Waals surface area contributed by atoms with Crippen molar-refractivity contribution in [1.29, 1.82) is 0 Å². The predicted molar refractivity (Wildman–Crippen MR) is 102 cm³/mol. The van der Waals surface area contributed by atoms with E-state index in [-0.39, 0.29) is 40.5 Å². The van der Waals surface area contributed by atoms with Crippen molar-refractivity contribution >= 4 is 17.5 Å². The summed E-state index contributed by atoms with van der Waals surface area (Å²) >= 11 is 0. The first kappa shape index (κ1) is 19.1. The van der Waals surface area contributed by atoms with Gasteiger partial charge in [0.15, 0.2) is 0 Å². The van der Waals surface area contributed by atoms with Crippen LogP contribution in [0.4, 0.5) is 0 Å². The van der Waals surface area contributed by atoms with Crippen molar-refractivity contribution < 1.29 is 19.1 Å². The molecule has 0 aromatic carbocycles. The van der Waals surface area contributed by atoms with Crippen molar-refractivity contribution in [1.82, 2.24) is 0 Å². The quantitative estimate of drug-likeness (QED) is 0.675. The maximum absolute atomic E-state index is 13.5. The van der Waals surface area contributed by atoms with Crippen LogP contribution in [0.5, 0.6) is 0 Å². The van der Waals surface area contributed by atoms with Gasteiger partial charge in [0, 0.05) is 25.2 Å². The summed E-state index contributed by atoms with van der Waals surface area (Å²) in [5, 5.41) is 0. The average Bonchev–Trinajstić information content (AvgIpc) is 2.91. The Morgan fingerprint density at radius 3 is 2.41 bits per heavy atom. The Labute approximate surface area is 162 Å². The van der Waals surface area contributed by atoms with Gasteiger partial charge in [0.1, 0.15) is 17.7 Å². The van der Waals surface area contributed by atoms with Crippen molar-refractivity contribution in [2.45, 2.75) is 85.2 Å². The summed E-state index contributed by atoms with van der Waals surface area (Å²) in [5.74, 6) is 2.11. The molecule has 0 N–H and O–H groups in total. The molecule has 4 rings (SSSR count). The number of carbonyl (C=O) groups excluding carboxylic acids is 3. The summed E-state index contributed by atoms with van der Waals surface area (Å²) in [4.78, 5) is 37.1. The molecule has 4 aliphatic carbocycles. The molecular weight excluding hydrogens is 340 g/mol. The molecule has 4 nitrogen and oxygen atoms in total. The molecule has 4 heteroatoms. The topological polar surface area (TPSA) is 60.4 Å². The van der Waals surface area contributed by atoms with Crippen LogP contribution in [0.2, 0.25) is 0 Å². The van der Waals surface area contributed by atoms with Gasteiger partial charge in [-0.25, -0.2) is 0 Å². The van der Waals surface area contributed by atoms with Gasteiger partial charge in [-0.15, -0.1) is 0 Å². The normalized spacial score (nSPS) is 49.0. The summed E-state index contributed by atoms with van der Waals surface area (Å²) in [7, 11) is 0. The Morgan fingerprint density at radius 2 is 1.74 bits per heavy atom. The van der Waals surface area contributed by atoms with Crippen LogP contribution < -0.4 is 0 Å². The zero-order valence-electron chi connectivity index (χ0n) is 17.3. The molecule has 8 atom stereocenters. The number of carbonyl (C=O) groups is 3. The molecule has 150 valence electrons. The van der Waals surface area contributed by atoms with Gasteiger partial charge in [0.2, 0.25) is 0 Å². The third kappa shape index (κ3) is 2.81. The van der Waals surface area contributed by atoms with Crippen LogP contribution >= 0.6 is 0 Å². The minimum atomic E-state index is -0.192. The highest BCUT2D eigenvalue weighted by molar-refractivity contribution is 5.87. The highest BCUT2D eigenvalue weighted by Crippen LogP contribution is 2.66. The molecule has 0 aromatic rings. The van der Waals surface area contributed by atoms with E-state index in [1.165, 1.54) is 6.92 Å². The molecule has 4 saturated carbocycles. The van der Waals surface area contributed by atoms with Gasteiger partial charge in [0.25, 0.3) is 0 Å². The number of hydrogen-bond acceptors (Lipinski definition) is 4. The van der Waals surface area contributed by atoms with Crippen LogP contribution in [0.1, 0.15) is 79.1 Å². The van der Waals surface area contributed by atoms with Crippen molar-refractivity contribution in [2.24, 2.45) is 40.4 Å². The predicted octanol–water partition coefficient (Wildman–Crippen LogP) is 4.35. The third-order valence-electron chi connectivity index (χ3n) is 9.12. The molecule has 0 spiro atoms. The number of ketones is 2. The smallest absolute Gasteiger partial charge is 0.302 e. The molecular formula is C23H34O4. The van der Waals surface area contributed by atoms with Gasteiger partial charge >= 0.3 is 5.97 Å². The van der Waals surface area contributed by atoms with E-state index in [0.29, 0.717) is 30.0 Å². The monoisotopic (exact) mass is 374 g/mol. The van der Waals surface area contributed by atoms with Crippen LogP contribution in [0.15, 0.2) is 0 Å². The van der Waals surface area contributed by atoms with Crippen molar-refractivity contribution in [3.63, 3.8) is 0 Å². The first-order valence-corrected chi connectivity index (χ1v) is 10.9. The second-order valence-corrected chi connectivity index (χ2v) is 10.4. The molecule has 0 heterocycles. The van der Waals surface area contributed by atoms with E-state index < -0.39 is 0 Å². The van der Waals surface area contributed by atoms with Crippen molar-refractivity contribution in [3.05, 3.63) is 0 Å². The van der Waals surface area contributed by atoms with Gasteiger partial charge in [0.05, 0.1) is 0 Å². The van der Waals surface area contributed by atoms with E-state index in [0.717, 1.165) is 44.9 Å². The number of fused-ring (bicyclic) bond motifs is 5. The summed E-state index contributed by atoms with van der Waals surface area (Å²) in [6.45, 7) is 7.75. The first-order chi connectivity index (χ1) is 12.7. The van der Waals surface area contributed by atoms with E-state index in [2.05, 4.69) is 13.8 Å². The lowest BCUT2D eigenvalue weighted by Crippen LogP contribution is -2.58. The van der Waals surface area contributed by atoms with Gasteiger partial charge in [-0.3, -0.25) is 14.4 Å². The lowest BCUT2D eigenvalue weighted by molar-refractivity contribution is -0.169. The molecule has 27 heavy (non-hydrogen) atoms. The van der Waals surface area contributed by atoms with E-state index >= 15 is 0 Å². The summed E-state index contributed by atoms with van der Waals surface area (Å²) in [6, 6.07) is 0. The Morgan fingerprint density at radius 1 is 1.00 bits per heavy atom. The van der Waals surface area contributed by atoms with E-state index in [1.807, 2.05) is 0 Å². The lowest BCUT2D eigenvalue weighted by Gasteiger charge is -2.59. The Hall–Kier alpha value is -1.19. The summed E-state index contributed by atoms with van der Waals surface area (Å²) < 4.78 is 5.51. The van der Waals surface area contributed by atoms with E-state index in [4.69, 9.17) is 4.74 Å². The van der Waals surface area contributed by atoms with Crippen molar-refractivity contribution in [3.8, 4) is 0 Å². The fraction of sp³-hybridized carbons (Fsp3) is 0.870. The average molecular weight is 375 g/mol. The van der Waals surface area contributed by atoms with Gasteiger partial charge in [-0.05, 0) is 80.5 Å². The number of ether oxygens (including phenoxy) is 1. The molecule has 0 saturated heterocycles. The molecule has 0 bridgehead atoms. The Bertz CT molecular complexity index is 669. The minimum Gasteiger partial charge on any atom is -0.463 e. The summed E-state index contributed by atoms with van der Waals surface area (Å²) in [6.07, 6.45) is 7.64. The molecule has 0 unspecified atom stereocenters. The molecule has 4 aliphatic rings. The van der Waals surface area contributed by atoms with Crippen LogP contribution in [-0.2, 0) is 19.1 Å². The minimum absolute atomic E-state index is 0.0228. The second-order valence-electron chi connectivity index (χ2n) is 10.4. The third-order valence-corrected chi connectivity index (χ3v) is 9.12. The maximum atomic E-state index is 13.5. The fourth-order valence-corrected chi connectivity index (χ4v) is 8.04. The molecule has 0 amide bonds. The molecule has 0 radical (unpaired) electrons. The van der Waals surface area contributed by atoms with Crippen LogP contribution in [0, 0.1) is 40.4 Å². The molecule has 0 aliphatic heterocycles. The first-order valence-electron chi connectivity index (χ1n) is 10.9. The van der Waals surface area contributed by atoms with Crippen molar-refractivity contribution in [2.75, 3.05) is 0 Å². The lowest BCUT2D eigenvalue weighted by atomic mass is 9.44. The van der Waals surface area contributed by atoms with E-state index in [1.54, 1.807) is 6.92 Å². The maximum Gasteiger partial charge on any atom is 0.302 e. The highest BCUT2D eigenvalue weighted by Gasteiger charge is 2.63. The number of hydrogen-bond donors (Lipinski definition) is 0. The zero-order chi connectivity index (χ0) is 19.6. The van der Waals surface area contributed by atoms with Crippen LogP contribution in [-0.4, -0.2) is 23.6 Å². The SMILES string of the molecule is CC(=O)O[C@H]1CC[C@@]2(C)[C@@H](CC[C@H]3[C@H]4CC[C@@H](C(C)=O)[C@@]4(C)CC(=O)[C@H]32)C1. The van der Waals surface area contributed by atoms with Gasteiger partial charge in [-0.2, -0.15) is 0 Å². The second kappa shape index (κ2) is 6.42. The number of esters is 1. The largest absolute Gasteiger partial charge is 0.463 e. The highest BCUT2D eigenvalue weighted by atomic mass is 16.5. The van der Waals surface area contributed by atoms with Crippen LogP contribution in [0.3, 0.4) is 0 Å². The van der Waals surface area contributed by atoms with Crippen LogP contribution in [0.25, 0.3) is 0 Å². The fourth-order valence-electron chi connectivity index (χ4n) is 8.04. The van der Waals surface area contributed by atoms with Gasteiger partial charge < -0.3 is 4.74 Å². The molecule has 0 aromatic heterocycles. The van der Waals surface area contributed by atoms with Gasteiger partial charge in [-0.1, -0.05) is 13.8 Å².